The first-order valence-electron chi connectivity index (χ1n) is 8.02. The molecule has 0 radical (unpaired) electrons. The van der Waals surface area contributed by atoms with Crippen molar-refractivity contribution in [2.45, 2.75) is 26.5 Å². The number of amides is 3. The summed E-state index contributed by atoms with van der Waals surface area (Å²) in [6.07, 6.45) is -0.749. The average Bonchev–Trinajstić information content (AvgIpc) is 2.61. The number of carboxylic acids is 1. The molecule has 0 aliphatic heterocycles. The lowest BCUT2D eigenvalue weighted by Gasteiger charge is -2.26. The van der Waals surface area contributed by atoms with Gasteiger partial charge in [0.2, 0.25) is 11.8 Å². The molecule has 26 heavy (non-hydrogen) atoms. The van der Waals surface area contributed by atoms with Crippen molar-refractivity contribution < 1.29 is 29.0 Å². The SMILES string of the molecule is CC(C)N(CC(=O)NCC(=O)O)C(=O)CNC(=O)OCc1ccccc1. The second-order valence-corrected chi connectivity index (χ2v) is 5.70. The standard InChI is InChI=1S/C17H23N3O6/c1-12(2)20(10-14(21)18-9-16(23)24)15(22)8-19-17(25)26-11-13-6-4-3-5-7-13/h3-7,12H,8-11H2,1-2H3,(H,18,21)(H,19,25)(H,23,24). The average molecular weight is 365 g/mol. The van der Waals surface area contributed by atoms with Crippen molar-refractivity contribution in [3.8, 4) is 0 Å². The molecule has 0 aliphatic carbocycles. The molecule has 1 aromatic carbocycles. The maximum absolute atomic E-state index is 12.2. The second kappa shape index (κ2) is 10.7. The number of aliphatic carboxylic acids is 1. The van der Waals surface area contributed by atoms with Crippen molar-refractivity contribution in [3.05, 3.63) is 35.9 Å². The van der Waals surface area contributed by atoms with E-state index in [2.05, 4.69) is 10.6 Å². The Balaban J connectivity index is 2.42. The Labute approximate surface area is 151 Å². The van der Waals surface area contributed by atoms with Gasteiger partial charge in [-0.25, -0.2) is 4.79 Å². The van der Waals surface area contributed by atoms with E-state index in [1.54, 1.807) is 26.0 Å². The van der Waals surface area contributed by atoms with E-state index in [0.29, 0.717) is 0 Å². The van der Waals surface area contributed by atoms with Gasteiger partial charge in [-0.05, 0) is 19.4 Å². The van der Waals surface area contributed by atoms with E-state index in [1.807, 2.05) is 18.2 Å². The molecule has 1 rings (SSSR count). The fourth-order valence-corrected chi connectivity index (χ4v) is 1.97. The molecule has 0 aromatic heterocycles. The lowest BCUT2D eigenvalue weighted by atomic mass is 10.2. The molecule has 0 saturated heterocycles. The van der Waals surface area contributed by atoms with Crippen molar-refractivity contribution in [2.24, 2.45) is 0 Å². The zero-order valence-electron chi connectivity index (χ0n) is 14.7. The molecule has 9 nitrogen and oxygen atoms in total. The normalized spacial score (nSPS) is 10.1. The van der Waals surface area contributed by atoms with Crippen molar-refractivity contribution in [3.63, 3.8) is 0 Å². The van der Waals surface area contributed by atoms with Crippen LogP contribution in [-0.4, -0.2) is 59.6 Å². The number of alkyl carbamates (subject to hydrolysis) is 1. The Morgan fingerprint density at radius 2 is 1.73 bits per heavy atom. The van der Waals surface area contributed by atoms with E-state index in [4.69, 9.17) is 9.84 Å². The molecule has 9 heteroatoms. The molecule has 0 bridgehead atoms. The molecule has 142 valence electrons. The molecule has 0 atom stereocenters. The van der Waals surface area contributed by atoms with Gasteiger partial charge in [0, 0.05) is 6.04 Å². The van der Waals surface area contributed by atoms with Crippen LogP contribution < -0.4 is 10.6 Å². The number of nitrogens with zero attached hydrogens (tertiary/aromatic N) is 1. The largest absolute Gasteiger partial charge is 0.480 e. The second-order valence-electron chi connectivity index (χ2n) is 5.70. The van der Waals surface area contributed by atoms with Crippen LogP contribution in [0.3, 0.4) is 0 Å². The summed E-state index contributed by atoms with van der Waals surface area (Å²) in [4.78, 5) is 47.2. The summed E-state index contributed by atoms with van der Waals surface area (Å²) < 4.78 is 5.00. The van der Waals surface area contributed by atoms with Crippen molar-refractivity contribution >= 4 is 23.9 Å². The molecule has 0 aliphatic rings. The summed E-state index contributed by atoms with van der Waals surface area (Å²) in [5, 5.41) is 13.1. The van der Waals surface area contributed by atoms with Crippen LogP contribution >= 0.6 is 0 Å². The van der Waals surface area contributed by atoms with E-state index < -0.39 is 30.4 Å². The molecule has 3 N–H and O–H groups in total. The van der Waals surface area contributed by atoms with E-state index in [1.165, 1.54) is 4.90 Å². The Morgan fingerprint density at radius 3 is 2.31 bits per heavy atom. The van der Waals surface area contributed by atoms with Crippen molar-refractivity contribution in [1.82, 2.24) is 15.5 Å². The van der Waals surface area contributed by atoms with E-state index >= 15 is 0 Å². The summed E-state index contributed by atoms with van der Waals surface area (Å²) in [6, 6.07) is 8.77. The number of ether oxygens (including phenoxy) is 1. The predicted molar refractivity (Wildman–Crippen MR) is 92.1 cm³/mol. The van der Waals surface area contributed by atoms with Crippen LogP contribution in [-0.2, 0) is 25.7 Å². The number of carboxylic acid groups (broad SMARTS) is 1. The number of carbonyl (C=O) groups excluding carboxylic acids is 3. The van der Waals surface area contributed by atoms with Gasteiger partial charge >= 0.3 is 12.1 Å². The van der Waals surface area contributed by atoms with Crippen LogP contribution in [0.15, 0.2) is 30.3 Å². The van der Waals surface area contributed by atoms with Gasteiger partial charge in [-0.2, -0.15) is 0 Å². The molecular weight excluding hydrogens is 342 g/mol. The van der Waals surface area contributed by atoms with Gasteiger partial charge in [-0.1, -0.05) is 30.3 Å². The lowest BCUT2D eigenvalue weighted by molar-refractivity contribution is -0.139. The molecule has 3 amide bonds. The first kappa shape index (κ1) is 20.9. The van der Waals surface area contributed by atoms with Gasteiger partial charge in [-0.3, -0.25) is 14.4 Å². The van der Waals surface area contributed by atoms with E-state index in [9.17, 15) is 19.2 Å². The first-order chi connectivity index (χ1) is 12.3. The number of benzene rings is 1. The summed E-state index contributed by atoms with van der Waals surface area (Å²) in [5.74, 6) is -2.26. The minimum atomic E-state index is -1.18. The highest BCUT2D eigenvalue weighted by atomic mass is 16.5. The van der Waals surface area contributed by atoms with Gasteiger partial charge in [0.05, 0.1) is 6.54 Å². The number of hydrogen-bond acceptors (Lipinski definition) is 5. The Bertz CT molecular complexity index is 633. The first-order valence-corrected chi connectivity index (χ1v) is 8.02. The minimum absolute atomic E-state index is 0.0757. The summed E-state index contributed by atoms with van der Waals surface area (Å²) >= 11 is 0. The molecule has 0 heterocycles. The summed E-state index contributed by atoms with van der Waals surface area (Å²) in [6.45, 7) is 2.32. The van der Waals surface area contributed by atoms with Crippen LogP contribution in [0.5, 0.6) is 0 Å². The third kappa shape index (κ3) is 8.13. The van der Waals surface area contributed by atoms with Crippen LogP contribution in [0, 0.1) is 0 Å². The zero-order valence-corrected chi connectivity index (χ0v) is 14.7. The summed E-state index contributed by atoms with van der Waals surface area (Å²) in [5.41, 5.74) is 0.813. The molecule has 1 aromatic rings. The van der Waals surface area contributed by atoms with E-state index in [0.717, 1.165) is 5.56 Å². The maximum atomic E-state index is 12.2. The smallest absolute Gasteiger partial charge is 0.407 e. The number of hydrogen-bond donors (Lipinski definition) is 3. The van der Waals surface area contributed by atoms with Crippen LogP contribution in [0.4, 0.5) is 4.79 Å². The maximum Gasteiger partial charge on any atom is 0.407 e. The molecular formula is C17H23N3O6. The van der Waals surface area contributed by atoms with Crippen molar-refractivity contribution in [2.75, 3.05) is 19.6 Å². The number of rotatable bonds is 9. The van der Waals surface area contributed by atoms with Crippen LogP contribution in [0.25, 0.3) is 0 Å². The molecule has 0 saturated carbocycles. The van der Waals surface area contributed by atoms with Crippen molar-refractivity contribution in [1.29, 1.82) is 0 Å². The third-order valence-electron chi connectivity index (χ3n) is 3.29. The van der Waals surface area contributed by atoms with Gasteiger partial charge in [0.15, 0.2) is 0 Å². The lowest BCUT2D eigenvalue weighted by Crippen LogP contribution is -2.48. The van der Waals surface area contributed by atoms with Gasteiger partial charge < -0.3 is 25.4 Å². The Hall–Kier alpha value is -3.10. The highest BCUT2D eigenvalue weighted by Gasteiger charge is 2.21. The van der Waals surface area contributed by atoms with Gasteiger partial charge in [0.1, 0.15) is 19.7 Å². The molecule has 0 spiro atoms. The fraction of sp³-hybridized carbons (Fsp3) is 0.412. The topological polar surface area (TPSA) is 125 Å². The van der Waals surface area contributed by atoms with Gasteiger partial charge in [-0.15, -0.1) is 0 Å². The third-order valence-corrected chi connectivity index (χ3v) is 3.29. The quantitative estimate of drug-likeness (QED) is 0.580. The number of nitrogens with one attached hydrogen (secondary N) is 2. The van der Waals surface area contributed by atoms with Crippen LogP contribution in [0.1, 0.15) is 19.4 Å². The molecule has 0 unspecified atom stereocenters. The van der Waals surface area contributed by atoms with Gasteiger partial charge in [0.25, 0.3) is 0 Å². The highest BCUT2D eigenvalue weighted by molar-refractivity contribution is 5.88. The van der Waals surface area contributed by atoms with E-state index in [-0.39, 0.29) is 25.7 Å². The molecule has 0 fully saturated rings. The minimum Gasteiger partial charge on any atom is -0.480 e. The predicted octanol–water partition coefficient (Wildman–Crippen LogP) is 0.351. The number of carbonyl (C=O) groups is 4. The zero-order chi connectivity index (χ0) is 19.5. The fourth-order valence-electron chi connectivity index (χ4n) is 1.97. The monoisotopic (exact) mass is 365 g/mol. The summed E-state index contributed by atoms with van der Waals surface area (Å²) in [7, 11) is 0. The Kier molecular flexibility index (Phi) is 8.62. The van der Waals surface area contributed by atoms with Crippen LogP contribution in [0.2, 0.25) is 0 Å². The highest BCUT2D eigenvalue weighted by Crippen LogP contribution is 2.01. The Morgan fingerprint density at radius 1 is 1.08 bits per heavy atom.